The highest BCUT2D eigenvalue weighted by atomic mass is 32.2. The summed E-state index contributed by atoms with van der Waals surface area (Å²) in [7, 11) is 0.911. The van der Waals surface area contributed by atoms with Crippen molar-refractivity contribution in [1.29, 1.82) is 0 Å². The molecule has 1 aliphatic heterocycles. The standard InChI is InChI=1S/C16H25NO2S/c1-16(2,3)12-5-7-13(8-6-12)20(18)15-11-19-10-9-14(15)17-4/h5-8,14-15,17H,9-11H2,1-4H3. The molecule has 0 radical (unpaired) electrons. The highest BCUT2D eigenvalue weighted by molar-refractivity contribution is 7.85. The molecule has 20 heavy (non-hydrogen) atoms. The fraction of sp³-hybridized carbons (Fsp3) is 0.625. The van der Waals surface area contributed by atoms with Crippen molar-refractivity contribution in [2.45, 2.75) is 48.8 Å². The molecule has 4 heteroatoms. The average Bonchev–Trinajstić information content (AvgIpc) is 2.45. The summed E-state index contributed by atoms with van der Waals surface area (Å²) in [5.74, 6) is 0. The lowest BCUT2D eigenvalue weighted by Gasteiger charge is -2.30. The maximum absolute atomic E-state index is 12.7. The summed E-state index contributed by atoms with van der Waals surface area (Å²) in [6, 6.07) is 8.44. The second-order valence-corrected chi connectivity index (χ2v) is 8.04. The van der Waals surface area contributed by atoms with Gasteiger partial charge in [0.25, 0.3) is 0 Å². The molecular formula is C16H25NO2S. The van der Waals surface area contributed by atoms with Crippen LogP contribution in [0.25, 0.3) is 0 Å². The number of rotatable bonds is 3. The van der Waals surface area contributed by atoms with Gasteiger partial charge in [-0.2, -0.15) is 0 Å². The van der Waals surface area contributed by atoms with Gasteiger partial charge in [0.05, 0.1) is 22.7 Å². The van der Waals surface area contributed by atoms with E-state index in [1.165, 1.54) is 5.56 Å². The first kappa shape index (κ1) is 15.7. The van der Waals surface area contributed by atoms with Crippen molar-refractivity contribution in [3.63, 3.8) is 0 Å². The number of benzene rings is 1. The van der Waals surface area contributed by atoms with Crippen molar-refractivity contribution in [3.8, 4) is 0 Å². The molecule has 1 aromatic rings. The van der Waals surface area contributed by atoms with Crippen LogP contribution in [0.1, 0.15) is 32.8 Å². The van der Waals surface area contributed by atoms with E-state index >= 15 is 0 Å². The molecule has 3 atom stereocenters. The Kier molecular flexibility index (Phi) is 4.99. The van der Waals surface area contributed by atoms with E-state index in [0.29, 0.717) is 6.61 Å². The first-order valence-electron chi connectivity index (χ1n) is 7.19. The lowest BCUT2D eigenvalue weighted by molar-refractivity contribution is 0.0838. The highest BCUT2D eigenvalue weighted by Gasteiger charge is 2.30. The lowest BCUT2D eigenvalue weighted by atomic mass is 9.87. The summed E-state index contributed by atoms with van der Waals surface area (Å²) in [6.45, 7) is 7.88. The van der Waals surface area contributed by atoms with Crippen LogP contribution in [-0.2, 0) is 21.0 Å². The van der Waals surface area contributed by atoms with Gasteiger partial charge < -0.3 is 10.1 Å². The van der Waals surface area contributed by atoms with Gasteiger partial charge in [-0.1, -0.05) is 32.9 Å². The number of hydrogen-bond donors (Lipinski definition) is 1. The molecular weight excluding hydrogens is 270 g/mol. The molecule has 112 valence electrons. The molecule has 0 saturated carbocycles. The predicted molar refractivity (Wildman–Crippen MR) is 83.6 cm³/mol. The van der Waals surface area contributed by atoms with Crippen molar-refractivity contribution in [1.82, 2.24) is 5.32 Å². The average molecular weight is 295 g/mol. The summed E-state index contributed by atoms with van der Waals surface area (Å²) in [5.41, 5.74) is 1.39. The van der Waals surface area contributed by atoms with Gasteiger partial charge in [-0.25, -0.2) is 0 Å². The highest BCUT2D eigenvalue weighted by Crippen LogP contribution is 2.25. The van der Waals surface area contributed by atoms with E-state index in [9.17, 15) is 4.21 Å². The fourth-order valence-corrected chi connectivity index (χ4v) is 4.06. The molecule has 1 fully saturated rings. The van der Waals surface area contributed by atoms with E-state index in [0.717, 1.165) is 17.9 Å². The van der Waals surface area contributed by atoms with Crippen LogP contribution in [0.15, 0.2) is 29.2 Å². The molecule has 2 rings (SSSR count). The third-order valence-corrected chi connectivity index (χ3v) is 5.65. The van der Waals surface area contributed by atoms with E-state index in [2.05, 4.69) is 38.2 Å². The van der Waals surface area contributed by atoms with Gasteiger partial charge in [0, 0.05) is 17.5 Å². The second kappa shape index (κ2) is 6.37. The van der Waals surface area contributed by atoms with Gasteiger partial charge in [-0.15, -0.1) is 0 Å². The molecule has 1 N–H and O–H groups in total. The van der Waals surface area contributed by atoms with E-state index in [1.54, 1.807) is 0 Å². The number of hydrogen-bond acceptors (Lipinski definition) is 3. The first-order chi connectivity index (χ1) is 9.43. The minimum Gasteiger partial charge on any atom is -0.380 e. The Hall–Kier alpha value is -0.710. The van der Waals surface area contributed by atoms with Gasteiger partial charge >= 0.3 is 0 Å². The normalized spacial score (nSPS) is 25.4. The van der Waals surface area contributed by atoms with Gasteiger partial charge in [0.1, 0.15) is 0 Å². The van der Waals surface area contributed by atoms with Crippen molar-refractivity contribution in [2.24, 2.45) is 0 Å². The molecule has 0 aliphatic carbocycles. The van der Waals surface area contributed by atoms with Crippen LogP contribution in [0.3, 0.4) is 0 Å². The Labute approximate surface area is 124 Å². The Morgan fingerprint density at radius 2 is 1.90 bits per heavy atom. The lowest BCUT2D eigenvalue weighted by Crippen LogP contribution is -2.47. The van der Waals surface area contributed by atoms with Crippen LogP contribution >= 0.6 is 0 Å². The minimum atomic E-state index is -1.02. The smallest absolute Gasteiger partial charge is 0.0781 e. The van der Waals surface area contributed by atoms with Crippen LogP contribution in [0, 0.1) is 0 Å². The molecule has 1 heterocycles. The maximum Gasteiger partial charge on any atom is 0.0781 e. The largest absolute Gasteiger partial charge is 0.380 e. The molecule has 0 bridgehead atoms. The van der Waals surface area contributed by atoms with Crippen LogP contribution in [0.2, 0.25) is 0 Å². The monoisotopic (exact) mass is 295 g/mol. The van der Waals surface area contributed by atoms with Crippen molar-refractivity contribution < 1.29 is 8.95 Å². The Bertz CT molecular complexity index is 464. The van der Waals surface area contributed by atoms with Gasteiger partial charge in [-0.3, -0.25) is 4.21 Å². The fourth-order valence-electron chi connectivity index (χ4n) is 2.52. The Morgan fingerprint density at radius 1 is 1.25 bits per heavy atom. The van der Waals surface area contributed by atoms with E-state index in [-0.39, 0.29) is 16.7 Å². The van der Waals surface area contributed by atoms with E-state index < -0.39 is 10.8 Å². The second-order valence-electron chi connectivity index (χ2n) is 6.37. The third-order valence-electron chi connectivity index (χ3n) is 3.90. The predicted octanol–water partition coefficient (Wildman–Crippen LogP) is 2.47. The van der Waals surface area contributed by atoms with E-state index in [1.807, 2.05) is 19.2 Å². The molecule has 0 spiro atoms. The topological polar surface area (TPSA) is 38.3 Å². The molecule has 3 nitrogen and oxygen atoms in total. The van der Waals surface area contributed by atoms with Gasteiger partial charge in [0.15, 0.2) is 0 Å². The SMILES string of the molecule is CNC1CCOCC1S(=O)c1ccc(C(C)(C)C)cc1. The Morgan fingerprint density at radius 3 is 2.45 bits per heavy atom. The summed E-state index contributed by atoms with van der Waals surface area (Å²) >= 11 is 0. The molecule has 1 aromatic carbocycles. The number of ether oxygens (including phenoxy) is 1. The molecule has 0 amide bonds. The summed E-state index contributed by atoms with van der Waals surface area (Å²) < 4.78 is 18.2. The molecule has 1 saturated heterocycles. The zero-order valence-corrected chi connectivity index (χ0v) is 13.6. The van der Waals surface area contributed by atoms with Crippen molar-refractivity contribution in [3.05, 3.63) is 29.8 Å². The van der Waals surface area contributed by atoms with Crippen LogP contribution in [-0.4, -0.2) is 35.8 Å². The zero-order valence-electron chi connectivity index (χ0n) is 12.8. The van der Waals surface area contributed by atoms with Crippen LogP contribution in [0.5, 0.6) is 0 Å². The zero-order chi connectivity index (χ0) is 14.8. The third kappa shape index (κ3) is 3.48. The van der Waals surface area contributed by atoms with E-state index in [4.69, 9.17) is 4.74 Å². The minimum absolute atomic E-state index is 0.0363. The summed E-state index contributed by atoms with van der Waals surface area (Å²) in [4.78, 5) is 0.897. The molecule has 3 unspecified atom stereocenters. The van der Waals surface area contributed by atoms with Crippen molar-refractivity contribution >= 4 is 10.8 Å². The van der Waals surface area contributed by atoms with Crippen LogP contribution in [0.4, 0.5) is 0 Å². The van der Waals surface area contributed by atoms with Gasteiger partial charge in [0.2, 0.25) is 0 Å². The quantitative estimate of drug-likeness (QED) is 0.931. The Balaban J connectivity index is 2.16. The summed E-state index contributed by atoms with van der Waals surface area (Å²) in [5, 5.41) is 3.30. The molecule has 1 aliphatic rings. The molecule has 0 aromatic heterocycles. The van der Waals surface area contributed by atoms with Crippen molar-refractivity contribution in [2.75, 3.05) is 20.3 Å². The number of nitrogens with one attached hydrogen (secondary N) is 1. The van der Waals surface area contributed by atoms with Crippen LogP contribution < -0.4 is 5.32 Å². The maximum atomic E-state index is 12.7. The first-order valence-corrected chi connectivity index (χ1v) is 8.41. The van der Waals surface area contributed by atoms with Gasteiger partial charge in [-0.05, 0) is 36.6 Å². The summed E-state index contributed by atoms with van der Waals surface area (Å²) in [6.07, 6.45) is 0.924.